The molecule has 0 atom stereocenters. The van der Waals surface area contributed by atoms with E-state index in [-0.39, 0.29) is 0 Å². The summed E-state index contributed by atoms with van der Waals surface area (Å²) in [4.78, 5) is 0. The van der Waals surface area contributed by atoms with Crippen LogP contribution in [0.4, 0.5) is 0 Å². The van der Waals surface area contributed by atoms with E-state index in [0.717, 1.165) is 10.1 Å². The van der Waals surface area contributed by atoms with E-state index in [4.69, 9.17) is 5.26 Å². The highest BCUT2D eigenvalue weighted by molar-refractivity contribution is 9.10. The minimum absolute atomic E-state index is 0.634. The van der Waals surface area contributed by atoms with Gasteiger partial charge in [0.15, 0.2) is 0 Å². The first-order chi connectivity index (χ1) is 5.83. The Hall–Kier alpha value is -1.34. The molecule has 12 heavy (non-hydrogen) atoms. The standard InChI is InChI=1S/C8H4BrN3/c9-8-4-6(5-10)7-2-1-3-11-12(7)8/h1-4H. The number of nitriles is 1. The Bertz CT molecular complexity index is 467. The first-order valence-electron chi connectivity index (χ1n) is 3.35. The molecule has 0 saturated carbocycles. The molecule has 3 nitrogen and oxygen atoms in total. The summed E-state index contributed by atoms with van der Waals surface area (Å²) in [5.41, 5.74) is 1.46. The maximum atomic E-state index is 8.74. The van der Waals surface area contributed by atoms with Gasteiger partial charge in [0, 0.05) is 6.20 Å². The van der Waals surface area contributed by atoms with Crippen molar-refractivity contribution in [2.75, 3.05) is 0 Å². The molecule has 0 fully saturated rings. The summed E-state index contributed by atoms with van der Waals surface area (Å²) in [6.07, 6.45) is 1.68. The third kappa shape index (κ3) is 0.908. The van der Waals surface area contributed by atoms with Crippen molar-refractivity contribution in [3.8, 4) is 6.07 Å². The van der Waals surface area contributed by atoms with Gasteiger partial charge in [0.2, 0.25) is 0 Å². The maximum absolute atomic E-state index is 8.74. The normalized spacial score (nSPS) is 10.0. The summed E-state index contributed by atoms with van der Waals surface area (Å²) in [6.45, 7) is 0. The lowest BCUT2D eigenvalue weighted by atomic mass is 10.3. The van der Waals surface area contributed by atoms with Crippen LogP contribution in [0.1, 0.15) is 5.56 Å². The molecule has 2 aromatic heterocycles. The van der Waals surface area contributed by atoms with Gasteiger partial charge in [-0.1, -0.05) is 0 Å². The molecular formula is C8H4BrN3. The predicted molar refractivity (Wildman–Crippen MR) is 47.6 cm³/mol. The molecule has 0 spiro atoms. The quantitative estimate of drug-likeness (QED) is 0.683. The smallest absolute Gasteiger partial charge is 0.109 e. The minimum atomic E-state index is 0.634. The number of fused-ring (bicyclic) bond motifs is 1. The van der Waals surface area contributed by atoms with Crippen molar-refractivity contribution in [2.45, 2.75) is 0 Å². The van der Waals surface area contributed by atoms with Crippen molar-refractivity contribution in [3.05, 3.63) is 34.6 Å². The van der Waals surface area contributed by atoms with Gasteiger partial charge in [-0.25, -0.2) is 4.52 Å². The molecule has 0 bridgehead atoms. The molecule has 0 aromatic carbocycles. The molecule has 2 aromatic rings. The minimum Gasteiger partial charge on any atom is -0.225 e. The highest BCUT2D eigenvalue weighted by Crippen LogP contribution is 2.18. The molecule has 0 N–H and O–H groups in total. The van der Waals surface area contributed by atoms with E-state index < -0.39 is 0 Å². The van der Waals surface area contributed by atoms with Crippen LogP contribution in [0.2, 0.25) is 0 Å². The Morgan fingerprint density at radius 1 is 1.58 bits per heavy atom. The highest BCUT2D eigenvalue weighted by Gasteiger charge is 2.05. The van der Waals surface area contributed by atoms with Crippen molar-refractivity contribution < 1.29 is 0 Å². The van der Waals surface area contributed by atoms with E-state index in [1.54, 1.807) is 16.8 Å². The molecule has 2 rings (SSSR count). The summed E-state index contributed by atoms with van der Waals surface area (Å²) < 4.78 is 2.48. The molecule has 0 unspecified atom stereocenters. The van der Waals surface area contributed by atoms with Gasteiger partial charge in [-0.3, -0.25) is 0 Å². The first-order valence-corrected chi connectivity index (χ1v) is 4.14. The zero-order valence-electron chi connectivity index (χ0n) is 6.03. The summed E-state index contributed by atoms with van der Waals surface area (Å²) in [6, 6.07) is 7.52. The molecule has 0 aliphatic rings. The first kappa shape index (κ1) is 7.32. The molecule has 0 amide bonds. The topological polar surface area (TPSA) is 41.1 Å². The lowest BCUT2D eigenvalue weighted by Gasteiger charge is -1.91. The lowest BCUT2D eigenvalue weighted by Crippen LogP contribution is -1.88. The fraction of sp³-hybridized carbons (Fsp3) is 0. The van der Waals surface area contributed by atoms with Gasteiger partial charge in [-0.2, -0.15) is 10.4 Å². The van der Waals surface area contributed by atoms with Crippen LogP contribution in [0, 0.1) is 11.3 Å². The van der Waals surface area contributed by atoms with Crippen molar-refractivity contribution in [1.82, 2.24) is 9.61 Å². The van der Waals surface area contributed by atoms with Crippen LogP contribution in [0.3, 0.4) is 0 Å². The number of nitrogens with zero attached hydrogens (tertiary/aromatic N) is 3. The molecule has 58 valence electrons. The molecule has 0 aliphatic heterocycles. The highest BCUT2D eigenvalue weighted by atomic mass is 79.9. The van der Waals surface area contributed by atoms with Crippen LogP contribution in [-0.2, 0) is 0 Å². The molecule has 2 heterocycles. The van der Waals surface area contributed by atoms with E-state index in [2.05, 4.69) is 27.1 Å². The van der Waals surface area contributed by atoms with Gasteiger partial charge < -0.3 is 0 Å². The predicted octanol–water partition coefficient (Wildman–Crippen LogP) is 1.97. The number of hydrogen-bond donors (Lipinski definition) is 0. The van der Waals surface area contributed by atoms with Gasteiger partial charge in [-0.05, 0) is 34.1 Å². The zero-order chi connectivity index (χ0) is 8.55. The second-order valence-electron chi connectivity index (χ2n) is 2.31. The molecule has 0 aliphatic carbocycles. The van der Waals surface area contributed by atoms with Crippen LogP contribution < -0.4 is 0 Å². The van der Waals surface area contributed by atoms with Crippen molar-refractivity contribution in [2.24, 2.45) is 0 Å². The second-order valence-corrected chi connectivity index (χ2v) is 3.13. The van der Waals surface area contributed by atoms with Gasteiger partial charge in [0.1, 0.15) is 10.7 Å². The monoisotopic (exact) mass is 221 g/mol. The molecule has 4 heteroatoms. The van der Waals surface area contributed by atoms with Crippen molar-refractivity contribution in [3.63, 3.8) is 0 Å². The second kappa shape index (κ2) is 2.61. The van der Waals surface area contributed by atoms with E-state index in [1.807, 2.05) is 12.1 Å². The van der Waals surface area contributed by atoms with Crippen LogP contribution >= 0.6 is 15.9 Å². The zero-order valence-corrected chi connectivity index (χ0v) is 7.62. The van der Waals surface area contributed by atoms with E-state index in [0.29, 0.717) is 5.56 Å². The Balaban J connectivity index is 2.94. The molecule has 0 saturated heterocycles. The van der Waals surface area contributed by atoms with E-state index in [9.17, 15) is 0 Å². The van der Waals surface area contributed by atoms with Gasteiger partial charge in [0.05, 0.1) is 11.1 Å². The summed E-state index contributed by atoms with van der Waals surface area (Å²) in [7, 11) is 0. The average Bonchev–Trinajstić information content (AvgIpc) is 2.44. The fourth-order valence-electron chi connectivity index (χ4n) is 1.09. The Kier molecular flexibility index (Phi) is 1.59. The summed E-state index contributed by atoms with van der Waals surface area (Å²) in [5, 5.41) is 12.8. The summed E-state index contributed by atoms with van der Waals surface area (Å²) in [5.74, 6) is 0. The third-order valence-corrected chi connectivity index (χ3v) is 2.18. The third-order valence-electron chi connectivity index (χ3n) is 1.61. The van der Waals surface area contributed by atoms with Crippen LogP contribution in [-0.4, -0.2) is 9.61 Å². The SMILES string of the molecule is N#Cc1cc(Br)n2ncccc12. The van der Waals surface area contributed by atoms with Crippen molar-refractivity contribution >= 4 is 21.4 Å². The van der Waals surface area contributed by atoms with E-state index >= 15 is 0 Å². The van der Waals surface area contributed by atoms with Crippen LogP contribution in [0.15, 0.2) is 29.0 Å². The van der Waals surface area contributed by atoms with Crippen LogP contribution in [0.25, 0.3) is 5.52 Å². The fourth-order valence-corrected chi connectivity index (χ4v) is 1.60. The molecular weight excluding hydrogens is 218 g/mol. The van der Waals surface area contributed by atoms with E-state index in [1.165, 1.54) is 0 Å². The van der Waals surface area contributed by atoms with Crippen molar-refractivity contribution in [1.29, 1.82) is 5.26 Å². The Morgan fingerprint density at radius 2 is 2.42 bits per heavy atom. The number of halogens is 1. The number of aromatic nitrogens is 2. The maximum Gasteiger partial charge on any atom is 0.109 e. The van der Waals surface area contributed by atoms with Gasteiger partial charge in [0.25, 0.3) is 0 Å². The Labute approximate surface area is 77.4 Å². The Morgan fingerprint density at radius 3 is 3.17 bits per heavy atom. The lowest BCUT2D eigenvalue weighted by molar-refractivity contribution is 0.919. The summed E-state index contributed by atoms with van der Waals surface area (Å²) >= 11 is 3.31. The van der Waals surface area contributed by atoms with Gasteiger partial charge in [-0.15, -0.1) is 0 Å². The average molecular weight is 222 g/mol. The largest absolute Gasteiger partial charge is 0.225 e. The number of hydrogen-bond acceptors (Lipinski definition) is 2. The van der Waals surface area contributed by atoms with Gasteiger partial charge >= 0.3 is 0 Å². The molecule has 0 radical (unpaired) electrons. The van der Waals surface area contributed by atoms with Crippen LogP contribution in [0.5, 0.6) is 0 Å². The number of rotatable bonds is 0.